The number of likely N-dealkylation sites (tertiary alicyclic amines) is 1. The number of benzene rings is 5. The van der Waals surface area contributed by atoms with E-state index < -0.39 is 71.5 Å². The number of aliphatic carboxylic acids is 1. The first-order valence-corrected chi connectivity index (χ1v) is 20.0. The minimum atomic E-state index is -5.11. The van der Waals surface area contributed by atoms with Crippen LogP contribution in [0, 0.1) is 11.6 Å². The molecule has 0 radical (unpaired) electrons. The lowest BCUT2D eigenvalue weighted by Crippen LogP contribution is -2.44. The molecule has 16 heteroatoms. The molecule has 2 atom stereocenters. The molecule has 0 spiro atoms. The van der Waals surface area contributed by atoms with E-state index in [-0.39, 0.29) is 27.5 Å². The average Bonchev–Trinajstić information content (AvgIpc) is 3.65. The zero-order valence-electron chi connectivity index (χ0n) is 28.1. The number of carbonyl (C=O) groups is 2. The maximum atomic E-state index is 16.3. The van der Waals surface area contributed by atoms with Crippen molar-refractivity contribution in [1.82, 2.24) is 4.90 Å². The Kier molecular flexibility index (Phi) is 11.3. The molecular weight excluding hydrogens is 783 g/mol. The van der Waals surface area contributed by atoms with Gasteiger partial charge in [-0.25, -0.2) is 34.7 Å². The third kappa shape index (κ3) is 7.78. The lowest BCUT2D eigenvalue weighted by atomic mass is 10.0. The summed E-state index contributed by atoms with van der Waals surface area (Å²) >= 11 is 12.2. The molecule has 0 aromatic heterocycles. The van der Waals surface area contributed by atoms with Crippen LogP contribution in [0.2, 0.25) is 10.0 Å². The first-order chi connectivity index (χ1) is 25.7. The van der Waals surface area contributed by atoms with Gasteiger partial charge in [-0.2, -0.15) is 0 Å². The first-order valence-electron chi connectivity index (χ1n) is 16.4. The summed E-state index contributed by atoms with van der Waals surface area (Å²) in [6.07, 6.45) is 1.27. The maximum Gasteiger partial charge on any atom is 0.332 e. The van der Waals surface area contributed by atoms with Crippen LogP contribution in [0.4, 0.5) is 20.2 Å². The average molecular weight is 815 g/mol. The smallest absolute Gasteiger partial charge is 0.332 e. The van der Waals surface area contributed by atoms with Crippen LogP contribution in [0.3, 0.4) is 0 Å². The molecule has 1 N–H and O–H groups in total. The standard InChI is InChI=1S/C38H31Cl2F2N3O7S2/c39-26-14-18-29(19-15-26)44(24-35(46)43-22-6-12-33(43)25-7-2-1-3-8-25)54(51,52)34-13-5-11-32(42)36(34)37(38(47)48)45(30-20-16-27(40)17-21-30)53(49,50)31-10-4-9-28(41)23-31/h1-5,7-11,13-21,23,33,37H,6,12,22,24H2,(H,47,48). The second kappa shape index (κ2) is 15.8. The van der Waals surface area contributed by atoms with Gasteiger partial charge in [0.2, 0.25) is 5.91 Å². The monoisotopic (exact) mass is 813 g/mol. The van der Waals surface area contributed by atoms with Gasteiger partial charge in [-0.1, -0.05) is 65.7 Å². The third-order valence-corrected chi connectivity index (χ3v) is 13.0. The SMILES string of the molecule is O=C(O)C(c1c(F)cccc1S(=O)(=O)N(CC(=O)N1CCCC1c1ccccc1)c1ccc(Cl)cc1)N(c1ccc(Cl)cc1)S(=O)(=O)c1cccc(F)c1. The van der Waals surface area contributed by atoms with Crippen molar-refractivity contribution in [3.63, 3.8) is 0 Å². The summed E-state index contributed by atoms with van der Waals surface area (Å²) in [5.74, 6) is -4.92. The van der Waals surface area contributed by atoms with E-state index in [0.29, 0.717) is 34.1 Å². The quantitative estimate of drug-likeness (QED) is 0.136. The van der Waals surface area contributed by atoms with Crippen molar-refractivity contribution < 1.29 is 40.3 Å². The Morgan fingerprint density at radius 2 is 1.39 bits per heavy atom. The highest BCUT2D eigenvalue weighted by molar-refractivity contribution is 7.93. The van der Waals surface area contributed by atoms with Gasteiger partial charge in [0.05, 0.1) is 27.2 Å². The van der Waals surface area contributed by atoms with Crippen molar-refractivity contribution in [2.75, 3.05) is 21.7 Å². The van der Waals surface area contributed by atoms with Crippen molar-refractivity contribution in [2.45, 2.75) is 34.7 Å². The van der Waals surface area contributed by atoms with Crippen molar-refractivity contribution in [3.8, 4) is 0 Å². The Hall–Kier alpha value is -5.02. The number of nitrogens with zero attached hydrogens (tertiary/aromatic N) is 3. The Labute approximate surface area is 320 Å². The minimum absolute atomic E-state index is 0.0627. The fourth-order valence-corrected chi connectivity index (χ4v) is 9.96. The molecule has 1 saturated heterocycles. The number of anilines is 2. The first kappa shape index (κ1) is 38.7. The molecule has 1 fully saturated rings. The fraction of sp³-hybridized carbons (Fsp3) is 0.158. The van der Waals surface area contributed by atoms with Gasteiger partial charge in [-0.05, 0) is 97.3 Å². The van der Waals surface area contributed by atoms with Crippen LogP contribution in [0.1, 0.15) is 36.1 Å². The van der Waals surface area contributed by atoms with Gasteiger partial charge in [-0.15, -0.1) is 0 Å². The molecule has 0 bridgehead atoms. The minimum Gasteiger partial charge on any atom is -0.479 e. The Balaban J connectivity index is 1.52. The van der Waals surface area contributed by atoms with Gasteiger partial charge in [0, 0.05) is 22.2 Å². The Bertz CT molecular complexity index is 2410. The van der Waals surface area contributed by atoms with Gasteiger partial charge < -0.3 is 10.0 Å². The summed E-state index contributed by atoms with van der Waals surface area (Å²) in [6.45, 7) is -0.462. The van der Waals surface area contributed by atoms with Gasteiger partial charge >= 0.3 is 5.97 Å². The molecule has 1 amide bonds. The fourth-order valence-electron chi connectivity index (χ4n) is 6.45. The second-order valence-corrected chi connectivity index (χ2v) is 16.8. The number of hydrogen-bond acceptors (Lipinski definition) is 6. The summed E-state index contributed by atoms with van der Waals surface area (Å²) in [4.78, 5) is 27.3. The van der Waals surface area contributed by atoms with E-state index in [4.69, 9.17) is 23.2 Å². The number of carboxylic acids is 1. The Morgan fingerprint density at radius 1 is 0.778 bits per heavy atom. The van der Waals surface area contributed by atoms with E-state index in [9.17, 15) is 35.9 Å². The molecule has 0 saturated carbocycles. The molecule has 1 aliphatic heterocycles. The van der Waals surface area contributed by atoms with E-state index in [1.807, 2.05) is 30.3 Å². The van der Waals surface area contributed by atoms with E-state index in [2.05, 4.69) is 0 Å². The summed E-state index contributed by atoms with van der Waals surface area (Å²) in [7, 11) is -10.2. The molecule has 10 nitrogen and oxygen atoms in total. The van der Waals surface area contributed by atoms with E-state index in [1.165, 1.54) is 36.4 Å². The molecule has 54 heavy (non-hydrogen) atoms. The van der Waals surface area contributed by atoms with Crippen LogP contribution in [0.15, 0.2) is 131 Å². The number of halogens is 4. The topological polar surface area (TPSA) is 132 Å². The molecular formula is C38H31Cl2F2N3O7S2. The third-order valence-electron chi connectivity index (χ3n) is 8.91. The molecule has 5 aromatic rings. The molecule has 0 aliphatic carbocycles. The highest BCUT2D eigenvalue weighted by Gasteiger charge is 2.44. The van der Waals surface area contributed by atoms with Crippen molar-refractivity contribution in [3.05, 3.63) is 154 Å². The van der Waals surface area contributed by atoms with Gasteiger partial charge in [0.15, 0.2) is 6.04 Å². The van der Waals surface area contributed by atoms with Crippen LogP contribution in [-0.2, 0) is 29.6 Å². The molecule has 280 valence electrons. The number of sulfonamides is 2. The predicted octanol–water partition coefficient (Wildman–Crippen LogP) is 7.85. The number of carbonyl (C=O) groups excluding carboxylic acids is 1. The summed E-state index contributed by atoms with van der Waals surface area (Å²) in [5.41, 5.74) is -0.627. The zero-order valence-corrected chi connectivity index (χ0v) is 31.2. The van der Waals surface area contributed by atoms with Crippen molar-refractivity contribution in [1.29, 1.82) is 0 Å². The highest BCUT2D eigenvalue weighted by atomic mass is 35.5. The molecule has 5 aromatic carbocycles. The summed E-state index contributed by atoms with van der Waals surface area (Å²) in [6, 6.07) is 22.9. The summed E-state index contributed by atoms with van der Waals surface area (Å²) < 4.78 is 90.2. The molecule has 1 aliphatic rings. The van der Waals surface area contributed by atoms with Gasteiger partial charge in [-0.3, -0.25) is 9.10 Å². The number of rotatable bonds is 12. The lowest BCUT2D eigenvalue weighted by molar-refractivity contribution is -0.138. The number of hydrogen-bond donors (Lipinski definition) is 1. The number of carboxylic acid groups (broad SMARTS) is 1. The second-order valence-electron chi connectivity index (χ2n) is 12.3. The van der Waals surface area contributed by atoms with Crippen LogP contribution in [0.25, 0.3) is 0 Å². The predicted molar refractivity (Wildman–Crippen MR) is 200 cm³/mol. The maximum absolute atomic E-state index is 16.3. The van der Waals surface area contributed by atoms with E-state index >= 15 is 4.39 Å². The largest absolute Gasteiger partial charge is 0.479 e. The van der Waals surface area contributed by atoms with E-state index in [0.717, 1.165) is 54.1 Å². The van der Waals surface area contributed by atoms with Gasteiger partial charge in [0.1, 0.15) is 18.2 Å². The van der Waals surface area contributed by atoms with E-state index in [1.54, 1.807) is 4.90 Å². The Morgan fingerprint density at radius 3 is 2.00 bits per heavy atom. The van der Waals surface area contributed by atoms with Crippen LogP contribution < -0.4 is 8.61 Å². The number of amides is 1. The zero-order chi connectivity index (χ0) is 38.8. The van der Waals surface area contributed by atoms with Crippen molar-refractivity contribution >= 4 is 66.5 Å². The molecule has 1 heterocycles. The normalized spacial score (nSPS) is 15.1. The lowest BCUT2D eigenvalue weighted by Gasteiger charge is -2.33. The highest BCUT2D eigenvalue weighted by Crippen LogP contribution is 2.40. The van der Waals surface area contributed by atoms with Crippen molar-refractivity contribution in [2.24, 2.45) is 0 Å². The molecule has 6 rings (SSSR count). The van der Waals surface area contributed by atoms with Crippen LogP contribution in [-0.4, -0.2) is 51.8 Å². The molecule has 2 unspecified atom stereocenters. The van der Waals surface area contributed by atoms with Crippen LogP contribution >= 0.6 is 23.2 Å². The van der Waals surface area contributed by atoms with Crippen LogP contribution in [0.5, 0.6) is 0 Å². The summed E-state index contributed by atoms with van der Waals surface area (Å²) in [5, 5.41) is 11.1. The van der Waals surface area contributed by atoms with Gasteiger partial charge in [0.25, 0.3) is 20.0 Å².